The van der Waals surface area contributed by atoms with Crippen LogP contribution in [0.4, 0.5) is 11.4 Å². The molecule has 0 saturated carbocycles. The SMILES string of the molecule is Cc1ccc(NC(=O)COc2ncnc3ccc(Br)cc23)c([N+](=O)[O-])c1. The zero-order chi connectivity index (χ0) is 18.7. The van der Waals surface area contributed by atoms with Crippen LogP contribution < -0.4 is 10.1 Å². The smallest absolute Gasteiger partial charge is 0.293 e. The molecule has 1 aromatic heterocycles. The lowest BCUT2D eigenvalue weighted by Gasteiger charge is -2.09. The van der Waals surface area contributed by atoms with Gasteiger partial charge in [0.1, 0.15) is 12.0 Å². The predicted molar refractivity (Wildman–Crippen MR) is 99.2 cm³/mol. The van der Waals surface area contributed by atoms with E-state index in [1.807, 2.05) is 6.07 Å². The molecule has 3 aromatic rings. The normalized spacial score (nSPS) is 10.5. The molecule has 0 aliphatic heterocycles. The van der Waals surface area contributed by atoms with Gasteiger partial charge in [-0.15, -0.1) is 0 Å². The van der Waals surface area contributed by atoms with Crippen LogP contribution in [-0.2, 0) is 4.79 Å². The number of carbonyl (C=O) groups is 1. The van der Waals surface area contributed by atoms with Crippen molar-refractivity contribution in [2.75, 3.05) is 11.9 Å². The summed E-state index contributed by atoms with van der Waals surface area (Å²) in [6.45, 7) is 1.39. The minimum atomic E-state index is -0.543. The number of benzene rings is 2. The van der Waals surface area contributed by atoms with Gasteiger partial charge in [0.05, 0.1) is 15.8 Å². The molecule has 0 atom stereocenters. The lowest BCUT2D eigenvalue weighted by atomic mass is 10.2. The van der Waals surface area contributed by atoms with Gasteiger partial charge in [-0.2, -0.15) is 0 Å². The number of fused-ring (bicyclic) bond motifs is 1. The van der Waals surface area contributed by atoms with Gasteiger partial charge in [-0.1, -0.05) is 22.0 Å². The van der Waals surface area contributed by atoms with E-state index in [4.69, 9.17) is 4.74 Å². The van der Waals surface area contributed by atoms with Gasteiger partial charge >= 0.3 is 0 Å². The summed E-state index contributed by atoms with van der Waals surface area (Å²) in [6.07, 6.45) is 1.34. The van der Waals surface area contributed by atoms with Gasteiger partial charge in [-0.05, 0) is 36.8 Å². The molecule has 0 aliphatic rings. The van der Waals surface area contributed by atoms with Crippen molar-refractivity contribution in [3.05, 3.63) is 62.9 Å². The van der Waals surface area contributed by atoms with E-state index in [0.717, 1.165) is 10.0 Å². The summed E-state index contributed by atoms with van der Waals surface area (Å²) in [5, 5.41) is 14.3. The Labute approximate surface area is 156 Å². The Kier molecular flexibility index (Phi) is 5.08. The number of nitro benzene ring substituents is 1. The first-order valence-corrected chi connectivity index (χ1v) is 8.31. The van der Waals surface area contributed by atoms with Crippen LogP contribution in [0.15, 0.2) is 47.2 Å². The van der Waals surface area contributed by atoms with E-state index in [2.05, 4.69) is 31.2 Å². The summed E-state index contributed by atoms with van der Waals surface area (Å²) < 4.78 is 6.30. The summed E-state index contributed by atoms with van der Waals surface area (Å²) in [6, 6.07) is 9.98. The fourth-order valence-electron chi connectivity index (χ4n) is 2.34. The maximum absolute atomic E-state index is 12.1. The Bertz CT molecular complexity index is 1010. The summed E-state index contributed by atoms with van der Waals surface area (Å²) in [4.78, 5) is 30.9. The highest BCUT2D eigenvalue weighted by molar-refractivity contribution is 9.10. The molecule has 0 saturated heterocycles. The van der Waals surface area contributed by atoms with Crippen molar-refractivity contribution in [3.63, 3.8) is 0 Å². The Hall–Kier alpha value is -3.07. The monoisotopic (exact) mass is 416 g/mol. The van der Waals surface area contributed by atoms with E-state index in [9.17, 15) is 14.9 Å². The number of aromatic nitrogens is 2. The van der Waals surface area contributed by atoms with Gasteiger partial charge in [-0.25, -0.2) is 9.97 Å². The highest BCUT2D eigenvalue weighted by Crippen LogP contribution is 2.26. The molecule has 8 nitrogen and oxygen atoms in total. The molecule has 1 amide bonds. The first-order valence-electron chi connectivity index (χ1n) is 7.52. The average molecular weight is 417 g/mol. The predicted octanol–water partition coefficient (Wildman–Crippen LogP) is 3.63. The lowest BCUT2D eigenvalue weighted by molar-refractivity contribution is -0.384. The van der Waals surface area contributed by atoms with Crippen molar-refractivity contribution in [2.24, 2.45) is 0 Å². The van der Waals surface area contributed by atoms with Crippen molar-refractivity contribution in [3.8, 4) is 5.88 Å². The number of ether oxygens (including phenoxy) is 1. The number of hydrogen-bond acceptors (Lipinski definition) is 6. The molecule has 3 rings (SSSR count). The standard InChI is InChI=1S/C17H13BrN4O4/c1-10-2-4-14(15(6-10)22(24)25)21-16(23)8-26-17-12-7-11(18)3-5-13(12)19-9-20-17/h2-7,9H,8H2,1H3,(H,21,23). The van der Waals surface area contributed by atoms with Crippen molar-refractivity contribution in [2.45, 2.75) is 6.92 Å². The van der Waals surface area contributed by atoms with Crippen LogP contribution in [0, 0.1) is 17.0 Å². The van der Waals surface area contributed by atoms with Crippen LogP contribution in [0.3, 0.4) is 0 Å². The van der Waals surface area contributed by atoms with Gasteiger partial charge in [0.2, 0.25) is 5.88 Å². The Morgan fingerprint density at radius 3 is 2.85 bits per heavy atom. The number of halogens is 1. The van der Waals surface area contributed by atoms with Gasteiger partial charge in [0, 0.05) is 10.5 Å². The van der Waals surface area contributed by atoms with E-state index < -0.39 is 10.8 Å². The van der Waals surface area contributed by atoms with Gasteiger partial charge in [-0.3, -0.25) is 14.9 Å². The molecule has 0 fully saturated rings. The second-order valence-corrected chi connectivity index (χ2v) is 6.37. The van der Waals surface area contributed by atoms with Crippen molar-refractivity contribution in [1.29, 1.82) is 0 Å². The van der Waals surface area contributed by atoms with Crippen LogP contribution in [0.2, 0.25) is 0 Å². The lowest BCUT2D eigenvalue weighted by Crippen LogP contribution is -2.21. The number of nitro groups is 1. The quantitative estimate of drug-likeness (QED) is 0.502. The van der Waals surface area contributed by atoms with E-state index in [0.29, 0.717) is 10.9 Å². The van der Waals surface area contributed by atoms with Crippen LogP contribution in [-0.4, -0.2) is 27.4 Å². The van der Waals surface area contributed by atoms with Crippen molar-refractivity contribution < 1.29 is 14.5 Å². The third-order valence-corrected chi connectivity index (χ3v) is 4.02. The molecule has 1 heterocycles. The number of aryl methyl sites for hydroxylation is 1. The molecule has 1 N–H and O–H groups in total. The molecule has 132 valence electrons. The topological polar surface area (TPSA) is 107 Å². The molecule has 0 radical (unpaired) electrons. The molecule has 2 aromatic carbocycles. The molecule has 9 heteroatoms. The summed E-state index contributed by atoms with van der Waals surface area (Å²) in [5.41, 5.74) is 1.34. The van der Waals surface area contributed by atoms with Gasteiger partial charge < -0.3 is 10.1 Å². The maximum Gasteiger partial charge on any atom is 0.293 e. The van der Waals surface area contributed by atoms with E-state index in [-0.39, 0.29) is 23.9 Å². The average Bonchev–Trinajstić information content (AvgIpc) is 2.61. The molecule has 0 aliphatic carbocycles. The Morgan fingerprint density at radius 2 is 2.08 bits per heavy atom. The second-order valence-electron chi connectivity index (χ2n) is 5.45. The molecule has 26 heavy (non-hydrogen) atoms. The summed E-state index contributed by atoms with van der Waals surface area (Å²) in [7, 11) is 0. The van der Waals surface area contributed by atoms with Crippen LogP contribution in [0.5, 0.6) is 5.88 Å². The summed E-state index contributed by atoms with van der Waals surface area (Å²) >= 11 is 3.36. The number of nitrogens with zero attached hydrogens (tertiary/aromatic N) is 3. The molecule has 0 spiro atoms. The van der Waals surface area contributed by atoms with Crippen LogP contribution >= 0.6 is 15.9 Å². The largest absolute Gasteiger partial charge is 0.467 e. The van der Waals surface area contributed by atoms with E-state index in [1.165, 1.54) is 18.5 Å². The van der Waals surface area contributed by atoms with Crippen LogP contribution in [0.1, 0.15) is 5.56 Å². The zero-order valence-corrected chi connectivity index (χ0v) is 15.2. The third-order valence-electron chi connectivity index (χ3n) is 3.52. The molecular formula is C17H13BrN4O4. The fourth-order valence-corrected chi connectivity index (χ4v) is 2.70. The van der Waals surface area contributed by atoms with Crippen molar-refractivity contribution in [1.82, 2.24) is 9.97 Å². The van der Waals surface area contributed by atoms with E-state index in [1.54, 1.807) is 25.1 Å². The van der Waals surface area contributed by atoms with E-state index >= 15 is 0 Å². The summed E-state index contributed by atoms with van der Waals surface area (Å²) in [5.74, 6) is -0.274. The highest BCUT2D eigenvalue weighted by atomic mass is 79.9. The minimum Gasteiger partial charge on any atom is -0.467 e. The molecule has 0 bridgehead atoms. The molecular weight excluding hydrogens is 404 g/mol. The van der Waals surface area contributed by atoms with Gasteiger partial charge in [0.25, 0.3) is 11.6 Å². The number of amides is 1. The number of hydrogen-bond donors (Lipinski definition) is 1. The maximum atomic E-state index is 12.1. The minimum absolute atomic E-state index is 0.115. The third kappa shape index (κ3) is 3.94. The second kappa shape index (κ2) is 7.44. The van der Waals surface area contributed by atoms with Crippen molar-refractivity contribution >= 4 is 44.1 Å². The first kappa shape index (κ1) is 17.7. The zero-order valence-electron chi connectivity index (χ0n) is 13.6. The molecule has 0 unspecified atom stereocenters. The highest BCUT2D eigenvalue weighted by Gasteiger charge is 2.16. The number of rotatable bonds is 5. The Morgan fingerprint density at radius 1 is 1.27 bits per heavy atom. The fraction of sp³-hybridized carbons (Fsp3) is 0.118. The Balaban J connectivity index is 1.74. The van der Waals surface area contributed by atoms with Crippen LogP contribution in [0.25, 0.3) is 10.9 Å². The number of carbonyl (C=O) groups excluding carboxylic acids is 1. The first-order chi connectivity index (χ1) is 12.4. The van der Waals surface area contributed by atoms with Gasteiger partial charge in [0.15, 0.2) is 6.61 Å². The number of nitrogens with one attached hydrogen (secondary N) is 1. The number of anilines is 1.